The Morgan fingerprint density at radius 2 is 2.05 bits per heavy atom. The van der Waals surface area contributed by atoms with Gasteiger partial charge in [-0.3, -0.25) is 0 Å². The van der Waals surface area contributed by atoms with Gasteiger partial charge in [0.05, 0.1) is 0 Å². The highest BCUT2D eigenvalue weighted by Crippen LogP contribution is 2.35. The fourth-order valence-electron chi connectivity index (χ4n) is 2.55. The van der Waals surface area contributed by atoms with E-state index in [1.54, 1.807) is 0 Å². The first kappa shape index (κ1) is 16.3. The summed E-state index contributed by atoms with van der Waals surface area (Å²) in [7, 11) is 3.94. The van der Waals surface area contributed by atoms with Crippen LogP contribution in [0.2, 0.25) is 0 Å². The first-order valence-corrected chi connectivity index (χ1v) is 8.80. The van der Waals surface area contributed by atoms with E-state index in [4.69, 9.17) is 0 Å². The molecule has 0 radical (unpaired) electrons. The molecule has 0 aliphatic heterocycles. The highest BCUT2D eigenvalue weighted by atomic mass is 32.2. The van der Waals surface area contributed by atoms with Gasteiger partial charge in [0.1, 0.15) is 0 Å². The Bertz CT molecular complexity index is 452. The zero-order valence-corrected chi connectivity index (χ0v) is 14.4. The molecule has 0 bridgehead atoms. The highest BCUT2D eigenvalue weighted by molar-refractivity contribution is 7.99. The number of aromatic nitrogens is 3. The van der Waals surface area contributed by atoms with E-state index in [9.17, 15) is 0 Å². The third-order valence-electron chi connectivity index (χ3n) is 3.70. The first-order chi connectivity index (χ1) is 10.1. The van der Waals surface area contributed by atoms with Gasteiger partial charge in [-0.25, -0.2) is 0 Å². The van der Waals surface area contributed by atoms with Crippen LogP contribution in [0, 0.1) is 5.92 Å². The van der Waals surface area contributed by atoms with Gasteiger partial charge in [0.2, 0.25) is 11.9 Å². The molecule has 0 saturated heterocycles. The van der Waals surface area contributed by atoms with E-state index in [1.165, 1.54) is 25.7 Å². The zero-order valence-electron chi connectivity index (χ0n) is 13.6. The van der Waals surface area contributed by atoms with E-state index < -0.39 is 0 Å². The van der Waals surface area contributed by atoms with Crippen molar-refractivity contribution < 1.29 is 0 Å². The molecule has 1 N–H and O–H groups in total. The standard InChI is InChI=1S/C15H27N5S/c1-5-9-16-13-17-14(20(3)4)19-15(18-13)21-12-8-6-7-11(2)10-12/h11-12H,5-10H2,1-4H3,(H,16,17,18,19). The van der Waals surface area contributed by atoms with Crippen LogP contribution in [-0.2, 0) is 0 Å². The summed E-state index contributed by atoms with van der Waals surface area (Å²) in [4.78, 5) is 15.6. The van der Waals surface area contributed by atoms with Gasteiger partial charge in [-0.05, 0) is 25.2 Å². The Hall–Kier alpha value is -1.04. The van der Waals surface area contributed by atoms with Gasteiger partial charge in [0, 0.05) is 25.9 Å². The van der Waals surface area contributed by atoms with Crippen molar-refractivity contribution in [3.05, 3.63) is 0 Å². The van der Waals surface area contributed by atoms with Crippen molar-refractivity contribution in [2.45, 2.75) is 56.4 Å². The molecule has 1 aliphatic rings. The molecule has 2 rings (SSSR count). The second kappa shape index (κ2) is 7.82. The maximum atomic E-state index is 4.59. The number of hydrogen-bond acceptors (Lipinski definition) is 6. The molecule has 1 heterocycles. The maximum absolute atomic E-state index is 4.59. The number of anilines is 2. The number of rotatable bonds is 6. The molecule has 1 aromatic rings. The monoisotopic (exact) mass is 309 g/mol. The van der Waals surface area contributed by atoms with Gasteiger partial charge >= 0.3 is 0 Å². The van der Waals surface area contributed by atoms with Gasteiger partial charge in [-0.1, -0.05) is 38.5 Å². The Balaban J connectivity index is 2.11. The van der Waals surface area contributed by atoms with Crippen LogP contribution in [0.5, 0.6) is 0 Å². The average Bonchev–Trinajstić information content (AvgIpc) is 2.45. The van der Waals surface area contributed by atoms with Crippen LogP contribution >= 0.6 is 11.8 Å². The Kier molecular flexibility index (Phi) is 6.08. The molecule has 1 fully saturated rings. The van der Waals surface area contributed by atoms with E-state index in [2.05, 4.69) is 34.1 Å². The Morgan fingerprint density at radius 3 is 2.71 bits per heavy atom. The summed E-state index contributed by atoms with van der Waals surface area (Å²) in [6.45, 7) is 5.38. The van der Waals surface area contributed by atoms with Crippen LogP contribution in [-0.4, -0.2) is 40.8 Å². The van der Waals surface area contributed by atoms with Crippen LogP contribution in [0.4, 0.5) is 11.9 Å². The van der Waals surface area contributed by atoms with Crippen LogP contribution in [0.15, 0.2) is 5.16 Å². The van der Waals surface area contributed by atoms with E-state index in [0.29, 0.717) is 11.2 Å². The fourth-order valence-corrected chi connectivity index (χ4v) is 3.83. The zero-order chi connectivity index (χ0) is 15.2. The molecule has 1 aliphatic carbocycles. The van der Waals surface area contributed by atoms with Gasteiger partial charge < -0.3 is 10.2 Å². The SMILES string of the molecule is CCCNc1nc(SC2CCCC(C)C2)nc(N(C)C)n1. The summed E-state index contributed by atoms with van der Waals surface area (Å²) in [6.07, 6.45) is 6.29. The lowest BCUT2D eigenvalue weighted by atomic mass is 9.91. The van der Waals surface area contributed by atoms with Crippen molar-refractivity contribution in [3.63, 3.8) is 0 Å². The Morgan fingerprint density at radius 1 is 1.24 bits per heavy atom. The molecular formula is C15H27N5S. The largest absolute Gasteiger partial charge is 0.354 e. The predicted octanol–water partition coefficient (Wildman–Crippen LogP) is 3.43. The summed E-state index contributed by atoms with van der Waals surface area (Å²) < 4.78 is 0. The summed E-state index contributed by atoms with van der Waals surface area (Å²) in [5.41, 5.74) is 0. The summed E-state index contributed by atoms with van der Waals surface area (Å²) in [5, 5.41) is 4.77. The van der Waals surface area contributed by atoms with Crippen molar-refractivity contribution in [1.82, 2.24) is 15.0 Å². The number of hydrogen-bond donors (Lipinski definition) is 1. The lowest BCUT2D eigenvalue weighted by Gasteiger charge is -2.25. The lowest BCUT2D eigenvalue weighted by Crippen LogP contribution is -2.18. The van der Waals surface area contributed by atoms with Crippen LogP contribution in [0.25, 0.3) is 0 Å². The van der Waals surface area contributed by atoms with Crippen LogP contribution < -0.4 is 10.2 Å². The maximum Gasteiger partial charge on any atom is 0.230 e. The molecule has 0 aromatic carbocycles. The quantitative estimate of drug-likeness (QED) is 0.869. The van der Waals surface area contributed by atoms with Crippen molar-refractivity contribution in [3.8, 4) is 0 Å². The number of nitrogens with zero attached hydrogens (tertiary/aromatic N) is 4. The molecular weight excluding hydrogens is 282 g/mol. The lowest BCUT2D eigenvalue weighted by molar-refractivity contribution is 0.394. The van der Waals surface area contributed by atoms with Crippen LogP contribution in [0.1, 0.15) is 46.0 Å². The van der Waals surface area contributed by atoms with Crippen molar-refractivity contribution in [2.75, 3.05) is 30.9 Å². The smallest absolute Gasteiger partial charge is 0.230 e. The molecule has 21 heavy (non-hydrogen) atoms. The molecule has 1 aromatic heterocycles. The molecule has 2 atom stereocenters. The minimum Gasteiger partial charge on any atom is -0.354 e. The summed E-state index contributed by atoms with van der Waals surface area (Å²) >= 11 is 1.82. The topological polar surface area (TPSA) is 53.9 Å². The second-order valence-corrected chi connectivity index (χ2v) is 7.34. The molecule has 6 heteroatoms. The molecule has 1 saturated carbocycles. The second-order valence-electron chi connectivity index (χ2n) is 6.07. The first-order valence-electron chi connectivity index (χ1n) is 7.92. The molecule has 0 amide bonds. The third-order valence-corrected chi connectivity index (χ3v) is 4.85. The van der Waals surface area contributed by atoms with E-state index >= 15 is 0 Å². The third kappa shape index (κ3) is 5.02. The van der Waals surface area contributed by atoms with Crippen molar-refractivity contribution in [1.29, 1.82) is 0 Å². The van der Waals surface area contributed by atoms with Gasteiger partial charge in [-0.15, -0.1) is 0 Å². The predicted molar refractivity (Wildman–Crippen MR) is 90.2 cm³/mol. The van der Waals surface area contributed by atoms with E-state index in [-0.39, 0.29) is 0 Å². The minimum atomic E-state index is 0.644. The number of thioether (sulfide) groups is 1. The van der Waals surface area contributed by atoms with E-state index in [0.717, 1.165) is 30.0 Å². The van der Waals surface area contributed by atoms with Gasteiger partial charge in [0.25, 0.3) is 0 Å². The summed E-state index contributed by atoms with van der Waals surface area (Å²) in [6, 6.07) is 0. The molecule has 5 nitrogen and oxygen atoms in total. The normalized spacial score (nSPS) is 22.1. The van der Waals surface area contributed by atoms with Crippen molar-refractivity contribution >= 4 is 23.7 Å². The molecule has 0 spiro atoms. The van der Waals surface area contributed by atoms with E-state index in [1.807, 2.05) is 30.8 Å². The fraction of sp³-hybridized carbons (Fsp3) is 0.800. The molecule has 118 valence electrons. The number of nitrogens with one attached hydrogen (secondary N) is 1. The van der Waals surface area contributed by atoms with Gasteiger partial charge in [0.15, 0.2) is 5.16 Å². The molecule has 2 unspecified atom stereocenters. The highest BCUT2D eigenvalue weighted by Gasteiger charge is 2.21. The van der Waals surface area contributed by atoms with Crippen LogP contribution in [0.3, 0.4) is 0 Å². The van der Waals surface area contributed by atoms with Crippen molar-refractivity contribution in [2.24, 2.45) is 5.92 Å². The average molecular weight is 309 g/mol. The Labute approximate surface area is 132 Å². The van der Waals surface area contributed by atoms with Gasteiger partial charge in [-0.2, -0.15) is 15.0 Å². The summed E-state index contributed by atoms with van der Waals surface area (Å²) in [5.74, 6) is 2.25. The minimum absolute atomic E-state index is 0.644.